The summed E-state index contributed by atoms with van der Waals surface area (Å²) in [6, 6.07) is 13.7. The molecule has 1 heterocycles. The van der Waals surface area contributed by atoms with E-state index in [0.29, 0.717) is 11.4 Å². The van der Waals surface area contributed by atoms with Gasteiger partial charge in [-0.2, -0.15) is 0 Å². The molecule has 0 bridgehead atoms. The molecule has 108 valence electrons. The molecular weight excluding hydrogens is 262 g/mol. The van der Waals surface area contributed by atoms with Gasteiger partial charge < -0.3 is 4.74 Å². The van der Waals surface area contributed by atoms with Crippen molar-refractivity contribution in [2.75, 3.05) is 7.11 Å². The highest BCUT2D eigenvalue weighted by atomic mass is 16.5. The molecule has 1 fully saturated rings. The highest BCUT2D eigenvalue weighted by molar-refractivity contribution is 6.04. The standard InChI is InChI=1S/C18H19NO2/c1-21-15-10-7-13-19-16(15)17(20)18(11-5-6-12-18)14-8-3-2-4-9-14/h2-4,7-10,13H,5-6,11-12H2,1H3. The van der Waals surface area contributed by atoms with Crippen LogP contribution in [0, 0.1) is 0 Å². The van der Waals surface area contributed by atoms with Crippen LogP contribution in [0.5, 0.6) is 5.75 Å². The van der Waals surface area contributed by atoms with Gasteiger partial charge in [0.2, 0.25) is 0 Å². The van der Waals surface area contributed by atoms with Crippen molar-refractivity contribution in [3.8, 4) is 5.75 Å². The quantitative estimate of drug-likeness (QED) is 0.800. The summed E-state index contributed by atoms with van der Waals surface area (Å²) in [7, 11) is 1.58. The third-order valence-corrected chi connectivity index (χ3v) is 4.42. The zero-order valence-corrected chi connectivity index (χ0v) is 12.2. The van der Waals surface area contributed by atoms with Crippen molar-refractivity contribution in [1.29, 1.82) is 0 Å². The van der Waals surface area contributed by atoms with Gasteiger partial charge in [0.1, 0.15) is 11.4 Å². The van der Waals surface area contributed by atoms with Gasteiger partial charge >= 0.3 is 0 Å². The number of aromatic nitrogens is 1. The highest BCUT2D eigenvalue weighted by Gasteiger charge is 2.44. The monoisotopic (exact) mass is 281 g/mol. The number of pyridine rings is 1. The Bertz CT molecular complexity index is 631. The van der Waals surface area contributed by atoms with Gasteiger partial charge in [0, 0.05) is 6.20 Å². The van der Waals surface area contributed by atoms with E-state index in [1.165, 1.54) is 0 Å². The Morgan fingerprint density at radius 3 is 2.48 bits per heavy atom. The van der Waals surface area contributed by atoms with Crippen molar-refractivity contribution >= 4 is 5.78 Å². The lowest BCUT2D eigenvalue weighted by molar-refractivity contribution is 0.0877. The molecule has 1 aliphatic rings. The zero-order valence-electron chi connectivity index (χ0n) is 12.2. The molecule has 0 amide bonds. The van der Waals surface area contributed by atoms with E-state index in [9.17, 15) is 4.79 Å². The van der Waals surface area contributed by atoms with Crippen molar-refractivity contribution in [3.63, 3.8) is 0 Å². The fraction of sp³-hybridized carbons (Fsp3) is 0.333. The minimum absolute atomic E-state index is 0.0867. The van der Waals surface area contributed by atoms with Crippen LogP contribution in [0.2, 0.25) is 0 Å². The van der Waals surface area contributed by atoms with Crippen molar-refractivity contribution < 1.29 is 9.53 Å². The summed E-state index contributed by atoms with van der Waals surface area (Å²) < 4.78 is 5.32. The number of carbonyl (C=O) groups is 1. The number of benzene rings is 1. The molecule has 0 radical (unpaired) electrons. The second-order valence-electron chi connectivity index (χ2n) is 5.54. The van der Waals surface area contributed by atoms with Crippen LogP contribution in [-0.4, -0.2) is 17.9 Å². The summed E-state index contributed by atoms with van der Waals surface area (Å²) in [6.07, 6.45) is 5.58. The Morgan fingerprint density at radius 1 is 1.10 bits per heavy atom. The molecule has 3 heteroatoms. The maximum atomic E-state index is 13.2. The molecule has 0 aliphatic heterocycles. The van der Waals surface area contributed by atoms with Crippen LogP contribution < -0.4 is 4.74 Å². The first-order valence-corrected chi connectivity index (χ1v) is 7.37. The Morgan fingerprint density at radius 2 is 1.81 bits per heavy atom. The van der Waals surface area contributed by atoms with Crippen molar-refractivity contribution in [3.05, 3.63) is 59.9 Å². The third kappa shape index (κ3) is 2.33. The average molecular weight is 281 g/mol. The Kier molecular flexibility index (Phi) is 3.74. The lowest BCUT2D eigenvalue weighted by Gasteiger charge is -2.28. The van der Waals surface area contributed by atoms with Gasteiger partial charge in [-0.3, -0.25) is 4.79 Å². The van der Waals surface area contributed by atoms with Gasteiger partial charge in [-0.15, -0.1) is 0 Å². The molecule has 1 aromatic carbocycles. The number of hydrogen-bond donors (Lipinski definition) is 0. The molecule has 0 atom stereocenters. The summed E-state index contributed by atoms with van der Waals surface area (Å²) in [5.41, 5.74) is 1.11. The van der Waals surface area contributed by atoms with Gasteiger partial charge in [0.25, 0.3) is 0 Å². The summed E-state index contributed by atoms with van der Waals surface area (Å²) in [6.45, 7) is 0. The largest absolute Gasteiger partial charge is 0.494 e. The summed E-state index contributed by atoms with van der Waals surface area (Å²) >= 11 is 0. The van der Waals surface area contributed by atoms with Crippen LogP contribution in [0.25, 0.3) is 0 Å². The minimum atomic E-state index is -0.442. The molecule has 21 heavy (non-hydrogen) atoms. The first-order valence-electron chi connectivity index (χ1n) is 7.37. The third-order valence-electron chi connectivity index (χ3n) is 4.42. The van der Waals surface area contributed by atoms with Crippen molar-refractivity contribution in [2.45, 2.75) is 31.1 Å². The van der Waals surface area contributed by atoms with Gasteiger partial charge in [-0.25, -0.2) is 4.98 Å². The zero-order chi connectivity index (χ0) is 14.7. The molecular formula is C18H19NO2. The van der Waals surface area contributed by atoms with Gasteiger partial charge in [0.05, 0.1) is 12.5 Å². The van der Waals surface area contributed by atoms with E-state index in [2.05, 4.69) is 17.1 Å². The van der Waals surface area contributed by atoms with E-state index in [0.717, 1.165) is 31.2 Å². The molecule has 3 nitrogen and oxygen atoms in total. The van der Waals surface area contributed by atoms with Gasteiger partial charge in [-0.1, -0.05) is 43.2 Å². The molecule has 1 saturated carbocycles. The number of rotatable bonds is 4. The summed E-state index contributed by atoms with van der Waals surface area (Å²) in [5.74, 6) is 0.647. The predicted molar refractivity (Wildman–Crippen MR) is 81.7 cm³/mol. The molecule has 2 aromatic rings. The highest BCUT2D eigenvalue weighted by Crippen LogP contribution is 2.44. The van der Waals surface area contributed by atoms with E-state index < -0.39 is 5.41 Å². The number of ether oxygens (including phenoxy) is 1. The predicted octanol–water partition coefficient (Wildman–Crippen LogP) is 3.78. The fourth-order valence-corrected chi connectivity index (χ4v) is 3.34. The van der Waals surface area contributed by atoms with Gasteiger partial charge in [0.15, 0.2) is 5.78 Å². The Hall–Kier alpha value is -2.16. The van der Waals surface area contributed by atoms with E-state index in [1.807, 2.05) is 18.2 Å². The molecule has 1 aliphatic carbocycles. The Balaban J connectivity index is 2.08. The normalized spacial score (nSPS) is 16.6. The maximum absolute atomic E-state index is 13.2. The number of Topliss-reactive ketones (excluding diaryl/α,β-unsaturated/α-hetero) is 1. The summed E-state index contributed by atoms with van der Waals surface area (Å²) in [5, 5.41) is 0. The topological polar surface area (TPSA) is 39.2 Å². The van der Waals surface area contributed by atoms with Crippen LogP contribution in [0.15, 0.2) is 48.7 Å². The average Bonchev–Trinajstić information content (AvgIpc) is 3.06. The number of carbonyl (C=O) groups excluding carboxylic acids is 1. The lowest BCUT2D eigenvalue weighted by atomic mass is 9.74. The van der Waals surface area contributed by atoms with Crippen LogP contribution in [0.3, 0.4) is 0 Å². The number of hydrogen-bond acceptors (Lipinski definition) is 3. The molecule has 0 spiro atoms. The second-order valence-corrected chi connectivity index (χ2v) is 5.54. The van der Waals surface area contributed by atoms with Crippen LogP contribution in [0.1, 0.15) is 41.7 Å². The molecule has 1 aromatic heterocycles. The van der Waals surface area contributed by atoms with E-state index in [4.69, 9.17) is 4.74 Å². The number of nitrogens with zero attached hydrogens (tertiary/aromatic N) is 1. The van der Waals surface area contributed by atoms with E-state index in [1.54, 1.807) is 25.4 Å². The van der Waals surface area contributed by atoms with Crippen LogP contribution in [0.4, 0.5) is 0 Å². The molecule has 3 rings (SSSR count). The first kappa shape index (κ1) is 13.8. The van der Waals surface area contributed by atoms with Crippen molar-refractivity contribution in [1.82, 2.24) is 4.98 Å². The number of ketones is 1. The van der Waals surface area contributed by atoms with E-state index >= 15 is 0 Å². The molecule has 0 saturated heterocycles. The Labute approximate surface area is 125 Å². The minimum Gasteiger partial charge on any atom is -0.494 e. The fourth-order valence-electron chi connectivity index (χ4n) is 3.34. The van der Waals surface area contributed by atoms with Gasteiger partial charge in [-0.05, 0) is 30.5 Å². The first-order chi connectivity index (χ1) is 10.3. The van der Waals surface area contributed by atoms with Crippen molar-refractivity contribution in [2.24, 2.45) is 0 Å². The van der Waals surface area contributed by atoms with Crippen LogP contribution >= 0.6 is 0 Å². The van der Waals surface area contributed by atoms with Crippen LogP contribution in [-0.2, 0) is 5.41 Å². The second kappa shape index (κ2) is 5.68. The summed E-state index contributed by atoms with van der Waals surface area (Å²) in [4.78, 5) is 17.5. The SMILES string of the molecule is COc1cccnc1C(=O)C1(c2ccccc2)CCCC1. The lowest BCUT2D eigenvalue weighted by Crippen LogP contribution is -2.33. The molecule has 0 unspecified atom stereocenters. The number of methoxy groups -OCH3 is 1. The van der Waals surface area contributed by atoms with E-state index in [-0.39, 0.29) is 5.78 Å². The smallest absolute Gasteiger partial charge is 0.195 e. The molecule has 0 N–H and O–H groups in total. The maximum Gasteiger partial charge on any atom is 0.195 e.